The zero-order valence-corrected chi connectivity index (χ0v) is 12.3. The maximum Gasteiger partial charge on any atom is 0.272 e. The molecule has 1 aromatic rings. The van der Waals surface area contributed by atoms with Gasteiger partial charge in [-0.05, 0) is 38.8 Å². The number of hydrogen-bond donors (Lipinski definition) is 1. The molecule has 1 saturated heterocycles. The summed E-state index contributed by atoms with van der Waals surface area (Å²) in [5.74, 6) is -0.00236. The first-order valence-electron chi connectivity index (χ1n) is 7.35. The van der Waals surface area contributed by atoms with Crippen molar-refractivity contribution < 1.29 is 9.53 Å². The topological polar surface area (TPSA) is 54.5 Å². The second-order valence-corrected chi connectivity index (χ2v) is 4.93. The van der Waals surface area contributed by atoms with Crippen molar-refractivity contribution >= 4 is 11.6 Å². The van der Waals surface area contributed by atoms with Gasteiger partial charge in [0, 0.05) is 26.2 Å². The summed E-state index contributed by atoms with van der Waals surface area (Å²) in [6, 6.07) is 3.68. The molecular formula is C15H23N3O2. The highest BCUT2D eigenvalue weighted by Gasteiger charge is 2.25. The van der Waals surface area contributed by atoms with Crippen molar-refractivity contribution in [3.05, 3.63) is 24.0 Å². The van der Waals surface area contributed by atoms with Gasteiger partial charge >= 0.3 is 0 Å². The lowest BCUT2D eigenvalue weighted by atomic mass is 10.1. The van der Waals surface area contributed by atoms with E-state index in [0.29, 0.717) is 18.8 Å². The summed E-state index contributed by atoms with van der Waals surface area (Å²) in [5, 5.41) is 3.17. The summed E-state index contributed by atoms with van der Waals surface area (Å²) >= 11 is 0. The van der Waals surface area contributed by atoms with Crippen LogP contribution in [0, 0.1) is 0 Å². The van der Waals surface area contributed by atoms with Crippen molar-refractivity contribution in [2.24, 2.45) is 0 Å². The minimum atomic E-state index is -0.00236. The number of carbonyl (C=O) groups is 1. The molecule has 0 radical (unpaired) electrons. The molecule has 1 unspecified atom stereocenters. The molecule has 0 bridgehead atoms. The minimum absolute atomic E-state index is 0.00236. The Morgan fingerprint density at radius 3 is 3.00 bits per heavy atom. The van der Waals surface area contributed by atoms with Gasteiger partial charge in [0.15, 0.2) is 0 Å². The van der Waals surface area contributed by atoms with Crippen LogP contribution in [0.25, 0.3) is 0 Å². The Morgan fingerprint density at radius 1 is 1.50 bits per heavy atom. The summed E-state index contributed by atoms with van der Waals surface area (Å²) in [6.45, 7) is 7.02. The summed E-state index contributed by atoms with van der Waals surface area (Å²) < 4.78 is 5.63. The van der Waals surface area contributed by atoms with Crippen LogP contribution in [0.5, 0.6) is 0 Å². The first kappa shape index (κ1) is 14.8. The molecule has 5 nitrogen and oxygen atoms in total. The van der Waals surface area contributed by atoms with Crippen LogP contribution in [-0.4, -0.2) is 48.1 Å². The second-order valence-electron chi connectivity index (χ2n) is 4.93. The Kier molecular flexibility index (Phi) is 5.35. The lowest BCUT2D eigenvalue weighted by Gasteiger charge is -2.32. The lowest BCUT2D eigenvalue weighted by molar-refractivity contribution is 0.00703. The van der Waals surface area contributed by atoms with Crippen LogP contribution in [-0.2, 0) is 4.74 Å². The standard InChI is InChI=1S/C15H23N3O2/c1-3-16-12-7-8-14(17-10-12)15(19)18-9-5-6-13(11-18)20-4-2/h7-8,10,13,16H,3-6,9,11H2,1-2H3. The highest BCUT2D eigenvalue weighted by atomic mass is 16.5. The van der Waals surface area contributed by atoms with E-state index in [2.05, 4.69) is 10.3 Å². The van der Waals surface area contributed by atoms with Crippen LogP contribution in [0.2, 0.25) is 0 Å². The minimum Gasteiger partial charge on any atom is -0.384 e. The molecule has 1 aromatic heterocycles. The predicted octanol–water partition coefficient (Wildman–Crippen LogP) is 2.15. The van der Waals surface area contributed by atoms with Crippen molar-refractivity contribution in [3.63, 3.8) is 0 Å². The number of carbonyl (C=O) groups excluding carboxylic acids is 1. The molecule has 110 valence electrons. The van der Waals surface area contributed by atoms with Crippen molar-refractivity contribution in [2.75, 3.05) is 31.6 Å². The second kappa shape index (κ2) is 7.24. The SMILES string of the molecule is CCNc1ccc(C(=O)N2CCCC(OCC)C2)nc1. The summed E-state index contributed by atoms with van der Waals surface area (Å²) in [7, 11) is 0. The van der Waals surface area contributed by atoms with E-state index < -0.39 is 0 Å². The number of pyridine rings is 1. The average molecular weight is 277 g/mol. The Bertz CT molecular complexity index is 431. The Balaban J connectivity index is 1.99. The molecule has 1 aliphatic rings. The van der Waals surface area contributed by atoms with Crippen LogP contribution < -0.4 is 5.32 Å². The number of hydrogen-bond acceptors (Lipinski definition) is 4. The van der Waals surface area contributed by atoms with Gasteiger partial charge in [-0.25, -0.2) is 4.98 Å². The molecule has 0 aliphatic carbocycles. The first-order valence-corrected chi connectivity index (χ1v) is 7.35. The number of aromatic nitrogens is 1. The number of amides is 1. The molecule has 0 spiro atoms. The third-order valence-corrected chi connectivity index (χ3v) is 3.43. The molecule has 1 aliphatic heterocycles. The molecule has 0 saturated carbocycles. The van der Waals surface area contributed by atoms with Gasteiger partial charge in [0.1, 0.15) is 5.69 Å². The Hall–Kier alpha value is -1.62. The highest BCUT2D eigenvalue weighted by molar-refractivity contribution is 5.92. The summed E-state index contributed by atoms with van der Waals surface area (Å²) in [5.41, 5.74) is 1.44. The number of nitrogens with one attached hydrogen (secondary N) is 1. The fraction of sp³-hybridized carbons (Fsp3) is 0.600. The molecule has 1 N–H and O–H groups in total. The van der Waals surface area contributed by atoms with E-state index in [4.69, 9.17) is 4.74 Å². The van der Waals surface area contributed by atoms with Crippen LogP contribution in [0.3, 0.4) is 0 Å². The molecule has 1 atom stereocenters. The summed E-state index contributed by atoms with van der Waals surface area (Å²) in [6.07, 6.45) is 3.90. The molecule has 2 heterocycles. The zero-order valence-electron chi connectivity index (χ0n) is 12.3. The zero-order chi connectivity index (χ0) is 14.4. The maximum absolute atomic E-state index is 12.4. The van der Waals surface area contributed by atoms with E-state index in [1.165, 1.54) is 0 Å². The smallest absolute Gasteiger partial charge is 0.272 e. The van der Waals surface area contributed by atoms with E-state index in [1.54, 1.807) is 12.3 Å². The van der Waals surface area contributed by atoms with E-state index in [9.17, 15) is 4.79 Å². The highest BCUT2D eigenvalue weighted by Crippen LogP contribution is 2.16. The van der Waals surface area contributed by atoms with Gasteiger partial charge in [0.05, 0.1) is 18.0 Å². The maximum atomic E-state index is 12.4. The van der Waals surface area contributed by atoms with Crippen molar-refractivity contribution in [3.8, 4) is 0 Å². The quantitative estimate of drug-likeness (QED) is 0.896. The predicted molar refractivity (Wildman–Crippen MR) is 79.0 cm³/mol. The van der Waals surface area contributed by atoms with Crippen molar-refractivity contribution in [1.82, 2.24) is 9.88 Å². The average Bonchev–Trinajstić information content (AvgIpc) is 2.48. The normalized spacial score (nSPS) is 18.9. The largest absolute Gasteiger partial charge is 0.384 e. The number of piperidine rings is 1. The Morgan fingerprint density at radius 2 is 2.35 bits per heavy atom. The monoisotopic (exact) mass is 277 g/mol. The third-order valence-electron chi connectivity index (χ3n) is 3.43. The van der Waals surface area contributed by atoms with Crippen LogP contribution in [0.4, 0.5) is 5.69 Å². The molecule has 1 amide bonds. The van der Waals surface area contributed by atoms with Gasteiger partial charge < -0.3 is 15.0 Å². The van der Waals surface area contributed by atoms with Gasteiger partial charge in [-0.3, -0.25) is 4.79 Å². The number of rotatable bonds is 5. The fourth-order valence-corrected chi connectivity index (χ4v) is 2.49. The van der Waals surface area contributed by atoms with Gasteiger partial charge in [-0.15, -0.1) is 0 Å². The van der Waals surface area contributed by atoms with Gasteiger partial charge in [0.2, 0.25) is 0 Å². The van der Waals surface area contributed by atoms with Crippen LogP contribution >= 0.6 is 0 Å². The number of nitrogens with zero attached hydrogens (tertiary/aromatic N) is 2. The molecule has 2 rings (SSSR count). The third kappa shape index (κ3) is 3.70. The number of ether oxygens (including phenoxy) is 1. The van der Waals surface area contributed by atoms with E-state index in [-0.39, 0.29) is 12.0 Å². The molecule has 1 fully saturated rings. The number of anilines is 1. The van der Waals surface area contributed by atoms with Crippen LogP contribution in [0.1, 0.15) is 37.2 Å². The Labute approximate surface area is 120 Å². The lowest BCUT2D eigenvalue weighted by Crippen LogP contribution is -2.43. The molecule has 20 heavy (non-hydrogen) atoms. The summed E-state index contributed by atoms with van der Waals surface area (Å²) in [4.78, 5) is 18.5. The van der Waals surface area contributed by atoms with Crippen molar-refractivity contribution in [1.29, 1.82) is 0 Å². The molecule has 5 heteroatoms. The van der Waals surface area contributed by atoms with Crippen LogP contribution in [0.15, 0.2) is 18.3 Å². The van der Waals surface area contributed by atoms with Gasteiger partial charge in [0.25, 0.3) is 5.91 Å². The van der Waals surface area contributed by atoms with E-state index in [0.717, 1.165) is 31.6 Å². The van der Waals surface area contributed by atoms with Gasteiger partial charge in [-0.1, -0.05) is 0 Å². The molecule has 0 aromatic carbocycles. The fourth-order valence-electron chi connectivity index (χ4n) is 2.49. The first-order chi connectivity index (χ1) is 9.74. The van der Waals surface area contributed by atoms with E-state index in [1.807, 2.05) is 24.8 Å². The van der Waals surface area contributed by atoms with Crippen molar-refractivity contribution in [2.45, 2.75) is 32.8 Å². The van der Waals surface area contributed by atoms with Gasteiger partial charge in [-0.2, -0.15) is 0 Å². The molecular weight excluding hydrogens is 254 g/mol. The number of likely N-dealkylation sites (tertiary alicyclic amines) is 1. The van der Waals surface area contributed by atoms with E-state index >= 15 is 0 Å².